The number of methoxy groups -OCH3 is 2. The molecule has 0 bridgehead atoms. The van der Waals surface area contributed by atoms with E-state index in [0.717, 1.165) is 6.42 Å². The van der Waals surface area contributed by atoms with Gasteiger partial charge in [-0.25, -0.2) is 0 Å². The number of nitrogens with zero attached hydrogens (tertiary/aromatic N) is 1. The van der Waals surface area contributed by atoms with E-state index in [-0.39, 0.29) is 5.91 Å². The zero-order valence-electron chi connectivity index (χ0n) is 10.5. The second kappa shape index (κ2) is 5.27. The Kier molecular flexibility index (Phi) is 3.72. The second-order valence-corrected chi connectivity index (χ2v) is 4.19. The normalized spacial score (nSPS) is 19.8. The molecule has 1 aromatic rings. The van der Waals surface area contributed by atoms with Crippen LogP contribution in [-0.2, 0) is 4.79 Å². The summed E-state index contributed by atoms with van der Waals surface area (Å²) in [7, 11) is 3.12. The molecule has 1 heterocycles. The standard InChI is InChI=1S/C13H17NO4/c1-17-9-5-6-10(12(8-9)18-2)14-7-3-4-11(15)13(14)16/h5-6,8,11,15H,3-4,7H2,1-2H3. The third kappa shape index (κ3) is 2.26. The van der Waals surface area contributed by atoms with Crippen LogP contribution in [0.4, 0.5) is 5.69 Å². The van der Waals surface area contributed by atoms with Crippen molar-refractivity contribution >= 4 is 11.6 Å². The molecule has 1 N–H and O–H groups in total. The molecule has 0 radical (unpaired) electrons. The Bertz CT molecular complexity index is 447. The summed E-state index contributed by atoms with van der Waals surface area (Å²) < 4.78 is 10.4. The van der Waals surface area contributed by atoms with Crippen LogP contribution in [0.15, 0.2) is 18.2 Å². The van der Waals surface area contributed by atoms with Crippen LogP contribution >= 0.6 is 0 Å². The molecule has 18 heavy (non-hydrogen) atoms. The van der Waals surface area contributed by atoms with Crippen LogP contribution < -0.4 is 14.4 Å². The molecule has 1 atom stereocenters. The van der Waals surface area contributed by atoms with E-state index in [1.165, 1.54) is 0 Å². The van der Waals surface area contributed by atoms with Crippen LogP contribution in [0.25, 0.3) is 0 Å². The van der Waals surface area contributed by atoms with Gasteiger partial charge in [0, 0.05) is 12.6 Å². The van der Waals surface area contributed by atoms with Gasteiger partial charge in [-0.2, -0.15) is 0 Å². The molecule has 2 rings (SSSR count). The number of anilines is 1. The van der Waals surface area contributed by atoms with Gasteiger partial charge in [0.25, 0.3) is 5.91 Å². The third-order valence-electron chi connectivity index (χ3n) is 3.09. The van der Waals surface area contributed by atoms with Gasteiger partial charge in [-0.15, -0.1) is 0 Å². The third-order valence-corrected chi connectivity index (χ3v) is 3.09. The second-order valence-electron chi connectivity index (χ2n) is 4.19. The molecule has 0 spiro atoms. The minimum atomic E-state index is -0.912. The molecule has 0 saturated carbocycles. The molecule has 5 heteroatoms. The minimum Gasteiger partial charge on any atom is -0.497 e. The fourth-order valence-electron chi connectivity index (χ4n) is 2.10. The highest BCUT2D eigenvalue weighted by Gasteiger charge is 2.29. The van der Waals surface area contributed by atoms with E-state index in [0.29, 0.717) is 30.2 Å². The summed E-state index contributed by atoms with van der Waals surface area (Å²) >= 11 is 0. The first-order valence-electron chi connectivity index (χ1n) is 5.89. The molecular weight excluding hydrogens is 234 g/mol. The Balaban J connectivity index is 2.34. The lowest BCUT2D eigenvalue weighted by atomic mass is 10.1. The van der Waals surface area contributed by atoms with Crippen molar-refractivity contribution in [1.82, 2.24) is 0 Å². The van der Waals surface area contributed by atoms with E-state index in [4.69, 9.17) is 9.47 Å². The highest BCUT2D eigenvalue weighted by Crippen LogP contribution is 2.34. The fourth-order valence-corrected chi connectivity index (χ4v) is 2.10. The number of piperidine rings is 1. The van der Waals surface area contributed by atoms with E-state index in [1.54, 1.807) is 37.3 Å². The molecule has 1 saturated heterocycles. The number of ether oxygens (including phenoxy) is 2. The Labute approximate surface area is 106 Å². The van der Waals surface area contributed by atoms with Gasteiger partial charge in [-0.1, -0.05) is 0 Å². The molecule has 1 aromatic carbocycles. The number of carbonyl (C=O) groups is 1. The molecule has 0 aromatic heterocycles. The summed E-state index contributed by atoms with van der Waals surface area (Å²) in [6.07, 6.45) is 0.390. The Morgan fingerprint density at radius 3 is 2.78 bits per heavy atom. The lowest BCUT2D eigenvalue weighted by Crippen LogP contribution is -2.44. The van der Waals surface area contributed by atoms with Crippen LogP contribution in [0.3, 0.4) is 0 Å². The van der Waals surface area contributed by atoms with E-state index < -0.39 is 6.10 Å². The van der Waals surface area contributed by atoms with Crippen molar-refractivity contribution in [2.45, 2.75) is 18.9 Å². The van der Waals surface area contributed by atoms with Crippen LogP contribution in [-0.4, -0.2) is 37.9 Å². The van der Waals surface area contributed by atoms with Crippen LogP contribution in [0.1, 0.15) is 12.8 Å². The van der Waals surface area contributed by atoms with Crippen LogP contribution in [0.2, 0.25) is 0 Å². The van der Waals surface area contributed by atoms with Crippen LogP contribution in [0, 0.1) is 0 Å². The molecule has 1 amide bonds. The zero-order chi connectivity index (χ0) is 13.1. The number of hydrogen-bond donors (Lipinski definition) is 1. The minimum absolute atomic E-state index is 0.273. The lowest BCUT2D eigenvalue weighted by molar-refractivity contribution is -0.128. The van der Waals surface area contributed by atoms with Gasteiger partial charge < -0.3 is 19.5 Å². The van der Waals surface area contributed by atoms with Gasteiger partial charge in [0.2, 0.25) is 0 Å². The maximum Gasteiger partial charge on any atom is 0.255 e. The molecule has 1 aliphatic heterocycles. The summed E-state index contributed by atoms with van der Waals surface area (Å²) in [5.74, 6) is 0.960. The summed E-state index contributed by atoms with van der Waals surface area (Å²) in [5, 5.41) is 9.62. The quantitative estimate of drug-likeness (QED) is 0.876. The van der Waals surface area contributed by atoms with E-state index in [1.807, 2.05) is 0 Å². The topological polar surface area (TPSA) is 59.0 Å². The van der Waals surface area contributed by atoms with Crippen molar-refractivity contribution in [2.75, 3.05) is 25.7 Å². The van der Waals surface area contributed by atoms with E-state index in [9.17, 15) is 9.90 Å². The number of amides is 1. The van der Waals surface area contributed by atoms with Gasteiger partial charge in [-0.05, 0) is 25.0 Å². The van der Waals surface area contributed by atoms with E-state index in [2.05, 4.69) is 0 Å². The Morgan fingerprint density at radius 2 is 2.11 bits per heavy atom. The highest BCUT2D eigenvalue weighted by atomic mass is 16.5. The number of carbonyl (C=O) groups excluding carboxylic acids is 1. The van der Waals surface area contributed by atoms with E-state index >= 15 is 0 Å². The maximum atomic E-state index is 11.9. The van der Waals surface area contributed by atoms with Gasteiger partial charge >= 0.3 is 0 Å². The molecule has 5 nitrogen and oxygen atoms in total. The number of benzene rings is 1. The summed E-state index contributed by atoms with van der Waals surface area (Å²) in [6, 6.07) is 5.27. The molecule has 98 valence electrons. The predicted octanol–water partition coefficient (Wildman–Crippen LogP) is 1.19. The van der Waals surface area contributed by atoms with Crippen molar-refractivity contribution in [3.05, 3.63) is 18.2 Å². The summed E-state index contributed by atoms with van der Waals surface area (Å²) in [6.45, 7) is 0.596. The van der Waals surface area contributed by atoms with Crippen molar-refractivity contribution < 1.29 is 19.4 Å². The van der Waals surface area contributed by atoms with Crippen molar-refractivity contribution in [3.8, 4) is 11.5 Å². The maximum absolute atomic E-state index is 11.9. The molecule has 1 fully saturated rings. The molecule has 1 aliphatic rings. The van der Waals surface area contributed by atoms with Crippen molar-refractivity contribution in [1.29, 1.82) is 0 Å². The van der Waals surface area contributed by atoms with Gasteiger partial charge in [-0.3, -0.25) is 4.79 Å². The molecular formula is C13H17NO4. The zero-order valence-corrected chi connectivity index (χ0v) is 10.5. The van der Waals surface area contributed by atoms with Crippen molar-refractivity contribution in [2.24, 2.45) is 0 Å². The number of rotatable bonds is 3. The van der Waals surface area contributed by atoms with Gasteiger partial charge in [0.05, 0.1) is 19.9 Å². The SMILES string of the molecule is COc1ccc(N2CCCC(O)C2=O)c(OC)c1. The molecule has 0 aliphatic carbocycles. The lowest BCUT2D eigenvalue weighted by Gasteiger charge is -2.30. The first-order valence-corrected chi connectivity index (χ1v) is 5.89. The monoisotopic (exact) mass is 251 g/mol. The van der Waals surface area contributed by atoms with Crippen molar-refractivity contribution in [3.63, 3.8) is 0 Å². The Morgan fingerprint density at radius 1 is 1.33 bits per heavy atom. The highest BCUT2D eigenvalue weighted by molar-refractivity contribution is 5.98. The van der Waals surface area contributed by atoms with Gasteiger partial charge in [0.1, 0.15) is 17.6 Å². The molecule has 1 unspecified atom stereocenters. The average molecular weight is 251 g/mol. The largest absolute Gasteiger partial charge is 0.497 e. The number of aliphatic hydroxyl groups excluding tert-OH is 1. The number of hydrogen-bond acceptors (Lipinski definition) is 4. The summed E-state index contributed by atoms with van der Waals surface area (Å²) in [5.41, 5.74) is 0.669. The first kappa shape index (κ1) is 12.7. The first-order chi connectivity index (χ1) is 8.67. The fraction of sp³-hybridized carbons (Fsp3) is 0.462. The predicted molar refractivity (Wildman–Crippen MR) is 67.1 cm³/mol. The average Bonchev–Trinajstić information content (AvgIpc) is 2.41. The summed E-state index contributed by atoms with van der Waals surface area (Å²) in [4.78, 5) is 13.5. The van der Waals surface area contributed by atoms with Gasteiger partial charge in [0.15, 0.2) is 0 Å². The Hall–Kier alpha value is -1.75. The smallest absolute Gasteiger partial charge is 0.255 e. The number of aliphatic hydroxyl groups is 1. The van der Waals surface area contributed by atoms with Crippen LogP contribution in [0.5, 0.6) is 11.5 Å².